The number of aryl methyl sites for hydroxylation is 1. The molecule has 1 fully saturated rings. The van der Waals surface area contributed by atoms with Gasteiger partial charge in [-0.15, -0.1) is 0 Å². The van der Waals surface area contributed by atoms with Crippen molar-refractivity contribution in [3.63, 3.8) is 0 Å². The molecule has 1 aliphatic rings. The highest BCUT2D eigenvalue weighted by Crippen LogP contribution is 2.19. The Kier molecular flexibility index (Phi) is 3.77. The number of halogens is 2. The van der Waals surface area contributed by atoms with Gasteiger partial charge >= 0.3 is 0 Å². The fraction of sp³-hybridized carbons (Fsp3) is 0.545. The van der Waals surface area contributed by atoms with Crippen LogP contribution in [0.4, 0.5) is 14.6 Å². The average molecular weight is 272 g/mol. The summed E-state index contributed by atoms with van der Waals surface area (Å²) in [6.07, 6.45) is 0.488. The molecular formula is C11H14F2N4O2. The number of hydrogen-bond acceptors (Lipinski definition) is 4. The van der Waals surface area contributed by atoms with Crippen molar-refractivity contribution in [1.29, 1.82) is 0 Å². The molecule has 0 bridgehead atoms. The average Bonchev–Trinajstić information content (AvgIpc) is 2.30. The van der Waals surface area contributed by atoms with Crippen molar-refractivity contribution in [2.24, 2.45) is 13.0 Å². The van der Waals surface area contributed by atoms with Gasteiger partial charge in [-0.2, -0.15) is 0 Å². The summed E-state index contributed by atoms with van der Waals surface area (Å²) in [7, 11) is 1.61. The molecule has 1 aromatic heterocycles. The fourth-order valence-corrected chi connectivity index (χ4v) is 1.84. The van der Waals surface area contributed by atoms with Gasteiger partial charge in [0.2, 0.25) is 5.91 Å². The van der Waals surface area contributed by atoms with Crippen LogP contribution < -0.4 is 15.8 Å². The highest BCUT2D eigenvalue weighted by Gasteiger charge is 2.34. The Morgan fingerprint density at radius 1 is 1.58 bits per heavy atom. The molecule has 2 heterocycles. The second kappa shape index (κ2) is 5.33. The van der Waals surface area contributed by atoms with Gasteiger partial charge in [-0.3, -0.25) is 9.59 Å². The highest BCUT2D eigenvalue weighted by atomic mass is 19.3. The molecule has 104 valence electrons. The van der Waals surface area contributed by atoms with E-state index < -0.39 is 18.9 Å². The van der Waals surface area contributed by atoms with Crippen LogP contribution in [0, 0.1) is 5.92 Å². The first-order valence-corrected chi connectivity index (χ1v) is 5.81. The van der Waals surface area contributed by atoms with Crippen molar-refractivity contribution in [2.45, 2.75) is 6.43 Å². The van der Waals surface area contributed by atoms with E-state index in [1.807, 2.05) is 0 Å². The summed E-state index contributed by atoms with van der Waals surface area (Å²) in [6, 6.07) is 0. The van der Waals surface area contributed by atoms with Crippen LogP contribution in [0.3, 0.4) is 0 Å². The van der Waals surface area contributed by atoms with Crippen molar-refractivity contribution in [3.8, 4) is 0 Å². The first-order valence-electron chi connectivity index (χ1n) is 5.81. The number of alkyl halides is 2. The van der Waals surface area contributed by atoms with Crippen LogP contribution in [0.1, 0.15) is 0 Å². The summed E-state index contributed by atoms with van der Waals surface area (Å²) in [5, 5.41) is 2.16. The molecule has 1 N–H and O–H groups in total. The Balaban J connectivity index is 1.91. The van der Waals surface area contributed by atoms with Gasteiger partial charge in [0.25, 0.3) is 12.0 Å². The quantitative estimate of drug-likeness (QED) is 0.809. The molecule has 1 aliphatic heterocycles. The van der Waals surface area contributed by atoms with Crippen molar-refractivity contribution in [3.05, 3.63) is 22.7 Å². The minimum absolute atomic E-state index is 0.242. The number of anilines is 1. The standard InChI is InChI=1S/C11H14F2N4O2/c1-16-3-2-14-9(11(16)19)17-5-7(6-17)10(18)15-4-8(12)13/h2-3,7-8H,4-6H2,1H3,(H,15,18). The van der Waals surface area contributed by atoms with E-state index in [1.165, 1.54) is 10.8 Å². The second-order valence-electron chi connectivity index (χ2n) is 4.41. The van der Waals surface area contributed by atoms with Crippen molar-refractivity contribution in [1.82, 2.24) is 14.9 Å². The van der Waals surface area contributed by atoms with Gasteiger partial charge in [0.05, 0.1) is 12.5 Å². The lowest BCUT2D eigenvalue weighted by Gasteiger charge is -2.38. The van der Waals surface area contributed by atoms with Crippen LogP contribution >= 0.6 is 0 Å². The molecule has 0 radical (unpaired) electrons. The number of rotatable bonds is 4. The third-order valence-electron chi connectivity index (χ3n) is 2.98. The third-order valence-corrected chi connectivity index (χ3v) is 2.98. The zero-order valence-electron chi connectivity index (χ0n) is 10.3. The lowest BCUT2D eigenvalue weighted by Crippen LogP contribution is -2.56. The summed E-state index contributed by atoms with van der Waals surface area (Å²) < 4.78 is 25.3. The number of carbonyl (C=O) groups is 1. The van der Waals surface area contributed by atoms with E-state index in [0.717, 1.165) is 0 Å². The maximum Gasteiger partial charge on any atom is 0.293 e. The number of amides is 1. The van der Waals surface area contributed by atoms with E-state index in [0.29, 0.717) is 13.1 Å². The summed E-state index contributed by atoms with van der Waals surface area (Å²) in [5.41, 5.74) is -0.242. The van der Waals surface area contributed by atoms with Gasteiger partial charge in [0.1, 0.15) is 0 Å². The van der Waals surface area contributed by atoms with Gasteiger partial charge in [0.15, 0.2) is 5.82 Å². The Bertz CT molecular complexity index is 526. The largest absolute Gasteiger partial charge is 0.350 e. The Hall–Kier alpha value is -1.99. The predicted octanol–water partition coefficient (Wildman–Crippen LogP) is -0.402. The monoisotopic (exact) mass is 272 g/mol. The Morgan fingerprint density at radius 2 is 2.26 bits per heavy atom. The first kappa shape index (κ1) is 13.4. The maximum atomic E-state index is 11.9. The van der Waals surface area contributed by atoms with Crippen LogP contribution in [-0.2, 0) is 11.8 Å². The van der Waals surface area contributed by atoms with Crippen LogP contribution in [0.25, 0.3) is 0 Å². The van der Waals surface area contributed by atoms with Crippen LogP contribution in [0.2, 0.25) is 0 Å². The lowest BCUT2D eigenvalue weighted by molar-refractivity contribution is -0.126. The molecule has 8 heteroatoms. The molecule has 1 saturated heterocycles. The first-order chi connectivity index (χ1) is 8.99. The minimum Gasteiger partial charge on any atom is -0.350 e. The SMILES string of the molecule is Cn1ccnc(N2CC(C(=O)NCC(F)F)C2)c1=O. The Morgan fingerprint density at radius 3 is 2.89 bits per heavy atom. The molecular weight excluding hydrogens is 258 g/mol. The number of hydrogen-bond donors (Lipinski definition) is 1. The van der Waals surface area contributed by atoms with E-state index in [4.69, 9.17) is 0 Å². The Labute approximate surface area is 108 Å². The van der Waals surface area contributed by atoms with Gasteiger partial charge < -0.3 is 14.8 Å². The molecule has 0 aliphatic carbocycles. The lowest BCUT2D eigenvalue weighted by atomic mass is 9.99. The molecule has 0 unspecified atom stereocenters. The summed E-state index contributed by atoms with van der Waals surface area (Å²) in [6.45, 7) is 0.00331. The summed E-state index contributed by atoms with van der Waals surface area (Å²) in [5.74, 6) is -0.502. The van der Waals surface area contributed by atoms with E-state index in [2.05, 4.69) is 10.3 Å². The van der Waals surface area contributed by atoms with Gasteiger partial charge in [-0.25, -0.2) is 13.8 Å². The van der Waals surface area contributed by atoms with Gasteiger partial charge in [0, 0.05) is 32.5 Å². The molecule has 0 aromatic carbocycles. The molecule has 19 heavy (non-hydrogen) atoms. The maximum absolute atomic E-state index is 11.9. The van der Waals surface area contributed by atoms with Crippen molar-refractivity contribution < 1.29 is 13.6 Å². The summed E-state index contributed by atoms with van der Waals surface area (Å²) in [4.78, 5) is 28.9. The normalized spacial score (nSPS) is 15.5. The molecule has 2 rings (SSSR count). The molecule has 0 saturated carbocycles. The van der Waals surface area contributed by atoms with Crippen molar-refractivity contribution >= 4 is 11.7 Å². The molecule has 1 aromatic rings. The summed E-state index contributed by atoms with van der Waals surface area (Å²) >= 11 is 0. The third kappa shape index (κ3) is 2.88. The van der Waals surface area contributed by atoms with Crippen LogP contribution in [-0.4, -0.2) is 41.5 Å². The number of nitrogens with zero attached hydrogens (tertiary/aromatic N) is 3. The molecule has 0 atom stereocenters. The molecule has 1 amide bonds. The predicted molar refractivity (Wildman–Crippen MR) is 64.2 cm³/mol. The fourth-order valence-electron chi connectivity index (χ4n) is 1.84. The van der Waals surface area contributed by atoms with Crippen LogP contribution in [0.15, 0.2) is 17.2 Å². The number of carbonyl (C=O) groups excluding carboxylic acids is 1. The number of nitrogens with one attached hydrogen (secondary N) is 1. The van der Waals surface area contributed by atoms with E-state index >= 15 is 0 Å². The van der Waals surface area contributed by atoms with E-state index in [-0.39, 0.29) is 17.3 Å². The zero-order valence-corrected chi connectivity index (χ0v) is 10.3. The van der Waals surface area contributed by atoms with Crippen molar-refractivity contribution in [2.75, 3.05) is 24.5 Å². The zero-order chi connectivity index (χ0) is 14.0. The van der Waals surface area contributed by atoms with Crippen LogP contribution in [0.5, 0.6) is 0 Å². The van der Waals surface area contributed by atoms with Gasteiger partial charge in [-0.05, 0) is 0 Å². The molecule has 6 nitrogen and oxygen atoms in total. The highest BCUT2D eigenvalue weighted by molar-refractivity contribution is 5.81. The van der Waals surface area contributed by atoms with E-state index in [9.17, 15) is 18.4 Å². The van der Waals surface area contributed by atoms with Gasteiger partial charge in [-0.1, -0.05) is 0 Å². The number of aromatic nitrogens is 2. The smallest absolute Gasteiger partial charge is 0.293 e. The topological polar surface area (TPSA) is 67.2 Å². The van der Waals surface area contributed by atoms with E-state index in [1.54, 1.807) is 18.1 Å². The molecule has 0 spiro atoms. The second-order valence-corrected chi connectivity index (χ2v) is 4.41. The minimum atomic E-state index is -2.55.